The van der Waals surface area contributed by atoms with Crippen LogP contribution < -0.4 is 34.7 Å². The van der Waals surface area contributed by atoms with Crippen LogP contribution >= 0.6 is 0 Å². The number of hydrogen-bond donors (Lipinski definition) is 5. The van der Waals surface area contributed by atoms with Crippen LogP contribution in [0.3, 0.4) is 0 Å². The molecule has 0 unspecified atom stereocenters. The average Bonchev–Trinajstić information content (AvgIpc) is 2.67. The molecule has 0 saturated heterocycles. The van der Waals surface area contributed by atoms with E-state index < -0.39 is 37.0 Å². The van der Waals surface area contributed by atoms with Gasteiger partial charge in [-0.2, -0.15) is 0 Å². The first-order valence-corrected chi connectivity index (χ1v) is 7.15. The van der Waals surface area contributed by atoms with Crippen molar-refractivity contribution >= 4 is 23.5 Å². The summed E-state index contributed by atoms with van der Waals surface area (Å²) >= 11 is 0. The second-order valence-corrected chi connectivity index (χ2v) is 4.84. The number of aliphatic hydroxyl groups is 5. The van der Waals surface area contributed by atoms with Crippen molar-refractivity contribution < 1.29 is 69.8 Å². The Balaban J connectivity index is 0. The van der Waals surface area contributed by atoms with E-state index in [1.165, 1.54) is 10.8 Å². The molecule has 0 heterocycles. The molecule has 2 aromatic rings. The van der Waals surface area contributed by atoms with Crippen LogP contribution in [0.15, 0.2) is 48.5 Å². The maximum Gasteiger partial charge on any atom is 1.00 e. The van der Waals surface area contributed by atoms with Gasteiger partial charge in [0, 0.05) is 0 Å². The number of carboxylic acid groups (broad SMARTS) is 1. The molecule has 8 nitrogen and oxygen atoms in total. The largest absolute Gasteiger partial charge is 1.00 e. The van der Waals surface area contributed by atoms with E-state index in [2.05, 4.69) is 48.5 Å². The van der Waals surface area contributed by atoms with Gasteiger partial charge in [-0.3, -0.25) is 0 Å². The van der Waals surface area contributed by atoms with Crippen LogP contribution in [-0.4, -0.2) is 69.3 Å². The van der Waals surface area contributed by atoms with E-state index in [-0.39, 0.29) is 29.6 Å². The van der Waals surface area contributed by atoms with E-state index in [1.54, 1.807) is 0 Å². The first-order chi connectivity index (χ1) is 11.9. The molecule has 0 spiro atoms. The normalized spacial score (nSPS) is 14.2. The summed E-state index contributed by atoms with van der Waals surface area (Å²) in [6.07, 6.45) is -8.08. The summed E-state index contributed by atoms with van der Waals surface area (Å²) in [7, 11) is 0. The molecule has 0 aliphatic carbocycles. The molecule has 0 fully saturated rings. The fourth-order valence-electron chi connectivity index (χ4n) is 1.79. The van der Waals surface area contributed by atoms with Crippen LogP contribution in [0.2, 0.25) is 0 Å². The molecule has 2 rings (SSSR count). The number of carbonyl (C=O) groups excluding carboxylic acids is 2. The van der Waals surface area contributed by atoms with Gasteiger partial charge in [0.25, 0.3) is 0 Å². The van der Waals surface area contributed by atoms with Crippen molar-refractivity contribution in [2.75, 3.05) is 6.61 Å². The van der Waals surface area contributed by atoms with Crippen molar-refractivity contribution in [3.8, 4) is 0 Å². The number of fused-ring (bicyclic) bond motifs is 1. The summed E-state index contributed by atoms with van der Waals surface area (Å²) in [5.74, 6) is -1.98. The number of carbonyl (C=O) groups is 2. The number of hydrogen-bond acceptors (Lipinski definition) is 8. The van der Waals surface area contributed by atoms with E-state index in [4.69, 9.17) is 30.3 Å². The van der Waals surface area contributed by atoms with E-state index in [1.807, 2.05) is 6.79 Å². The van der Waals surface area contributed by atoms with Gasteiger partial charge in [0.05, 0.1) is 12.6 Å². The van der Waals surface area contributed by atoms with Crippen molar-refractivity contribution in [2.45, 2.75) is 24.4 Å². The molecule has 26 heavy (non-hydrogen) atoms. The predicted molar refractivity (Wildman–Crippen MR) is 87.2 cm³/mol. The Bertz CT molecular complexity index is 573. The van der Waals surface area contributed by atoms with E-state index in [0.29, 0.717) is 0 Å². The molecule has 138 valence electrons. The third-order valence-electron chi connectivity index (χ3n) is 3.15. The van der Waals surface area contributed by atoms with Crippen LogP contribution in [0.4, 0.5) is 0 Å². The van der Waals surface area contributed by atoms with Crippen molar-refractivity contribution in [3.05, 3.63) is 48.5 Å². The zero-order chi connectivity index (χ0) is 19.4. The minimum Gasteiger partial charge on any atom is -0.547 e. The smallest absolute Gasteiger partial charge is 0.547 e. The standard InChI is InChI=1S/C10H8.C6H12O7.CH2O.Na/c1-2-6-10-8-4-3-7-9(10)5-1;7-1-2(8)3(9)4(10)5(11)6(12)13;1-2;/h1-8H;2-5,7-11H,1H2,(H,12,13);1H2;/q;;;+1/p-1/t;2-,3-,4+,5-;;/m.1../s1. The minimum absolute atomic E-state index is 0. The summed E-state index contributed by atoms with van der Waals surface area (Å²) in [4.78, 5) is 18.0. The van der Waals surface area contributed by atoms with E-state index >= 15 is 0 Å². The van der Waals surface area contributed by atoms with Gasteiger partial charge in [-0.05, 0) is 10.8 Å². The van der Waals surface area contributed by atoms with Crippen LogP contribution in [0.25, 0.3) is 10.8 Å². The molecule has 4 atom stereocenters. The Morgan fingerprint density at radius 3 is 1.50 bits per heavy atom. The molecule has 0 bridgehead atoms. The Labute approximate surface area is 172 Å². The summed E-state index contributed by atoms with van der Waals surface area (Å²) < 4.78 is 0. The predicted octanol–water partition coefficient (Wildman–Crippen LogP) is -5.17. The fraction of sp³-hybridized carbons (Fsp3) is 0.294. The molecular formula is C17H21NaO8. The molecule has 0 saturated carbocycles. The number of carboxylic acids is 1. The third kappa shape index (κ3) is 8.84. The maximum atomic E-state index is 9.98. The molecule has 0 radical (unpaired) electrons. The van der Waals surface area contributed by atoms with E-state index in [0.717, 1.165) is 0 Å². The zero-order valence-corrected chi connectivity index (χ0v) is 16.3. The van der Waals surface area contributed by atoms with E-state index in [9.17, 15) is 9.90 Å². The first-order valence-electron chi connectivity index (χ1n) is 7.15. The molecule has 0 amide bonds. The minimum atomic E-state index is -2.31. The second kappa shape index (κ2) is 14.8. The quantitative estimate of drug-likeness (QED) is 0.324. The number of aliphatic carboxylic acids is 1. The first kappa shape index (κ1) is 26.9. The summed E-state index contributed by atoms with van der Waals surface area (Å²) in [6.45, 7) is 1.14. The van der Waals surface area contributed by atoms with Gasteiger partial charge in [-0.25, -0.2) is 0 Å². The van der Waals surface area contributed by atoms with Crippen LogP contribution in [0, 0.1) is 0 Å². The molecule has 9 heteroatoms. The molecule has 0 aliphatic heterocycles. The Morgan fingerprint density at radius 1 is 0.885 bits per heavy atom. The van der Waals surface area contributed by atoms with Gasteiger partial charge in [0.1, 0.15) is 31.2 Å². The van der Waals surface area contributed by atoms with Gasteiger partial charge >= 0.3 is 29.6 Å². The summed E-state index contributed by atoms with van der Waals surface area (Å²) in [6, 6.07) is 16.7. The molecule has 2 aromatic carbocycles. The number of aliphatic hydroxyl groups excluding tert-OH is 5. The SMILES string of the molecule is C=O.O=C([O-])[C@H](O)[C@@H](O)[C@H](O)[C@H](O)CO.[Na+].c1ccc2ccccc2c1. The molecule has 0 aliphatic rings. The average molecular weight is 376 g/mol. The Hall–Kier alpha value is -1.36. The number of rotatable bonds is 5. The number of benzene rings is 2. The monoisotopic (exact) mass is 376 g/mol. The van der Waals surface area contributed by atoms with Gasteiger partial charge in [0.2, 0.25) is 0 Å². The Morgan fingerprint density at radius 2 is 1.23 bits per heavy atom. The third-order valence-corrected chi connectivity index (χ3v) is 3.15. The van der Waals surface area contributed by atoms with Gasteiger partial charge < -0.3 is 40.2 Å². The maximum absolute atomic E-state index is 9.98. The van der Waals surface area contributed by atoms with Crippen molar-refractivity contribution in [1.29, 1.82) is 0 Å². The Kier molecular flexibility index (Phi) is 15.3. The topological polar surface area (TPSA) is 158 Å². The van der Waals surface area contributed by atoms with Crippen molar-refractivity contribution in [2.24, 2.45) is 0 Å². The van der Waals surface area contributed by atoms with Gasteiger partial charge in [-0.1, -0.05) is 48.5 Å². The van der Waals surface area contributed by atoms with Crippen molar-refractivity contribution in [3.63, 3.8) is 0 Å². The van der Waals surface area contributed by atoms with Crippen LogP contribution in [-0.2, 0) is 9.59 Å². The second-order valence-electron chi connectivity index (χ2n) is 4.84. The van der Waals surface area contributed by atoms with Gasteiger partial charge in [-0.15, -0.1) is 0 Å². The zero-order valence-electron chi connectivity index (χ0n) is 14.3. The van der Waals surface area contributed by atoms with Gasteiger partial charge in [0.15, 0.2) is 0 Å². The fourth-order valence-corrected chi connectivity index (χ4v) is 1.79. The molecule has 5 N–H and O–H groups in total. The summed E-state index contributed by atoms with van der Waals surface area (Å²) in [5, 5.41) is 56.1. The van der Waals surface area contributed by atoms with Crippen LogP contribution in [0.5, 0.6) is 0 Å². The van der Waals surface area contributed by atoms with Crippen LogP contribution in [0.1, 0.15) is 0 Å². The molecule has 0 aromatic heterocycles. The van der Waals surface area contributed by atoms with Crippen molar-refractivity contribution in [1.82, 2.24) is 0 Å². The molecular weight excluding hydrogens is 355 g/mol. The summed E-state index contributed by atoms with van der Waals surface area (Å²) in [5.41, 5.74) is 0.